The number of carboxylic acids is 1. The molecule has 0 unspecified atom stereocenters. The molecule has 0 amide bonds. The number of morpholine rings is 1. The molecule has 1 aromatic carbocycles. The zero-order valence-electron chi connectivity index (χ0n) is 18.6. The van der Waals surface area contributed by atoms with Crippen LogP contribution >= 0.6 is 0 Å². The van der Waals surface area contributed by atoms with Gasteiger partial charge in [0.25, 0.3) is 0 Å². The van der Waals surface area contributed by atoms with Crippen molar-refractivity contribution in [1.29, 1.82) is 0 Å². The van der Waals surface area contributed by atoms with E-state index in [9.17, 15) is 18.7 Å². The number of aromatic carboxylic acids is 1. The van der Waals surface area contributed by atoms with Gasteiger partial charge in [-0.1, -0.05) is 0 Å². The van der Waals surface area contributed by atoms with Gasteiger partial charge >= 0.3 is 5.97 Å². The number of methoxy groups -OCH3 is 1. The van der Waals surface area contributed by atoms with Gasteiger partial charge < -0.3 is 24.8 Å². The highest BCUT2D eigenvalue weighted by atomic mass is 19.1. The number of hydrogen-bond acceptors (Lipinski definition) is 9. The second-order valence-electron chi connectivity index (χ2n) is 7.80. The summed E-state index contributed by atoms with van der Waals surface area (Å²) in [5, 5.41) is 19.7. The molecule has 1 aliphatic rings. The fraction of sp³-hybridized carbons (Fsp3) is 0.318. The number of nitrogens with zero attached hydrogens (tertiary/aromatic N) is 5. The number of carbonyl (C=O) groups is 1. The number of carboxylic acid groups (broad SMARTS) is 1. The molecule has 10 nitrogen and oxygen atoms in total. The summed E-state index contributed by atoms with van der Waals surface area (Å²) in [5.41, 5.74) is -0.540. The highest BCUT2D eigenvalue weighted by molar-refractivity contribution is 5.94. The van der Waals surface area contributed by atoms with Crippen molar-refractivity contribution in [3.05, 3.63) is 47.8 Å². The normalized spacial score (nSPS) is 18.0. The summed E-state index contributed by atoms with van der Waals surface area (Å²) in [7, 11) is 1.38. The van der Waals surface area contributed by atoms with E-state index in [2.05, 4.69) is 25.5 Å². The van der Waals surface area contributed by atoms with Crippen molar-refractivity contribution in [2.45, 2.75) is 26.1 Å². The molecule has 1 aliphatic heterocycles. The lowest BCUT2D eigenvalue weighted by atomic mass is 10.0. The van der Waals surface area contributed by atoms with Gasteiger partial charge in [0, 0.05) is 30.3 Å². The molecular formula is C22H22F2N6O4. The molecular weight excluding hydrogens is 450 g/mol. The van der Waals surface area contributed by atoms with Crippen LogP contribution in [-0.2, 0) is 4.74 Å². The number of nitrogens with one attached hydrogen (secondary N) is 1. The lowest BCUT2D eigenvalue weighted by Crippen LogP contribution is -2.46. The summed E-state index contributed by atoms with van der Waals surface area (Å²) in [6, 6.07) is 5.24. The molecule has 178 valence electrons. The maximum Gasteiger partial charge on any atom is 0.357 e. The summed E-state index contributed by atoms with van der Waals surface area (Å²) in [6.07, 6.45) is 0.925. The van der Waals surface area contributed by atoms with E-state index in [4.69, 9.17) is 9.47 Å². The van der Waals surface area contributed by atoms with Gasteiger partial charge in [0.15, 0.2) is 23.1 Å². The van der Waals surface area contributed by atoms with Crippen LogP contribution in [0.5, 0.6) is 5.75 Å². The lowest BCUT2D eigenvalue weighted by Gasteiger charge is -2.35. The molecule has 12 heteroatoms. The van der Waals surface area contributed by atoms with Gasteiger partial charge in [-0.2, -0.15) is 4.98 Å². The lowest BCUT2D eigenvalue weighted by molar-refractivity contribution is -0.00572. The highest BCUT2D eigenvalue weighted by Gasteiger charge is 2.25. The molecule has 0 spiro atoms. The van der Waals surface area contributed by atoms with Crippen LogP contribution in [0.2, 0.25) is 0 Å². The Hall–Kier alpha value is -3.93. The van der Waals surface area contributed by atoms with E-state index in [0.717, 1.165) is 12.3 Å². The van der Waals surface area contributed by atoms with E-state index in [1.807, 2.05) is 18.7 Å². The van der Waals surface area contributed by atoms with Crippen LogP contribution in [0.1, 0.15) is 24.3 Å². The van der Waals surface area contributed by atoms with Crippen LogP contribution in [0.15, 0.2) is 30.5 Å². The van der Waals surface area contributed by atoms with Gasteiger partial charge in [-0.3, -0.25) is 0 Å². The Kier molecular flexibility index (Phi) is 6.50. The van der Waals surface area contributed by atoms with E-state index in [0.29, 0.717) is 19.0 Å². The first-order chi connectivity index (χ1) is 16.2. The molecule has 1 saturated heterocycles. The number of halogens is 2. The Balaban J connectivity index is 1.68. The molecule has 2 aromatic heterocycles. The maximum atomic E-state index is 14.7. The minimum Gasteiger partial charge on any atom is -0.497 e. The SMILES string of the molecule is COc1ccc(-c2cc(Nc3nc(N4C[C@@H](C)O[C@@H](C)C4)ncc3F)nnc2C(=O)O)c(F)c1. The minimum atomic E-state index is -1.39. The third-order valence-electron chi connectivity index (χ3n) is 5.14. The molecule has 0 radical (unpaired) electrons. The van der Waals surface area contributed by atoms with Crippen LogP contribution in [0.3, 0.4) is 0 Å². The minimum absolute atomic E-state index is 0.0255. The molecule has 3 heterocycles. The highest BCUT2D eigenvalue weighted by Crippen LogP contribution is 2.30. The number of aromatic nitrogens is 4. The topological polar surface area (TPSA) is 123 Å². The Labute approximate surface area is 193 Å². The van der Waals surface area contributed by atoms with Crippen molar-refractivity contribution < 1.29 is 28.2 Å². The first-order valence-electron chi connectivity index (χ1n) is 10.4. The number of anilines is 3. The van der Waals surface area contributed by atoms with Crippen LogP contribution in [-0.4, -0.2) is 63.6 Å². The molecule has 34 heavy (non-hydrogen) atoms. The predicted octanol–water partition coefficient (Wildman–Crippen LogP) is 3.28. The van der Waals surface area contributed by atoms with Crippen LogP contribution < -0.4 is 15.0 Å². The molecule has 1 fully saturated rings. The predicted molar refractivity (Wildman–Crippen MR) is 118 cm³/mol. The van der Waals surface area contributed by atoms with E-state index in [-0.39, 0.29) is 40.7 Å². The molecule has 2 N–H and O–H groups in total. The average Bonchev–Trinajstić information content (AvgIpc) is 2.79. The van der Waals surface area contributed by atoms with Crippen molar-refractivity contribution in [1.82, 2.24) is 20.2 Å². The third-order valence-corrected chi connectivity index (χ3v) is 5.14. The van der Waals surface area contributed by atoms with Gasteiger partial charge in [0.2, 0.25) is 5.95 Å². The van der Waals surface area contributed by atoms with Crippen molar-refractivity contribution in [2.24, 2.45) is 0 Å². The third kappa shape index (κ3) is 4.86. The fourth-order valence-electron chi connectivity index (χ4n) is 3.72. The first-order valence-corrected chi connectivity index (χ1v) is 10.4. The standard InChI is InChI=1S/C22H22F2N6O4/c1-11-9-30(10-12(2)34-11)22-25-8-17(24)20(27-22)26-18-7-15(19(21(31)32)29-28-18)14-5-4-13(33-3)6-16(14)23/h4-8,11-12H,9-10H2,1-3H3,(H,31,32)(H,25,26,27,28)/t11-,12+. The summed E-state index contributed by atoms with van der Waals surface area (Å²) < 4.78 is 39.9. The fourth-order valence-corrected chi connectivity index (χ4v) is 3.72. The second-order valence-corrected chi connectivity index (χ2v) is 7.80. The first kappa shape index (κ1) is 23.2. The molecule has 2 atom stereocenters. The van der Waals surface area contributed by atoms with E-state index in [1.165, 1.54) is 25.3 Å². The van der Waals surface area contributed by atoms with E-state index in [1.54, 1.807) is 0 Å². The van der Waals surface area contributed by atoms with Crippen LogP contribution in [0.25, 0.3) is 11.1 Å². The Morgan fingerprint density at radius 2 is 1.88 bits per heavy atom. The Morgan fingerprint density at radius 1 is 1.15 bits per heavy atom. The Morgan fingerprint density at radius 3 is 2.53 bits per heavy atom. The van der Waals surface area contributed by atoms with Crippen molar-refractivity contribution >= 4 is 23.6 Å². The molecule has 0 aliphatic carbocycles. The number of rotatable bonds is 6. The molecule has 4 rings (SSSR count). The van der Waals surface area contributed by atoms with E-state index >= 15 is 0 Å². The van der Waals surface area contributed by atoms with E-state index < -0.39 is 23.3 Å². The molecule has 3 aromatic rings. The molecule has 0 bridgehead atoms. The summed E-state index contributed by atoms with van der Waals surface area (Å²) in [4.78, 5) is 21.9. The van der Waals surface area contributed by atoms with Crippen LogP contribution in [0.4, 0.5) is 26.4 Å². The average molecular weight is 472 g/mol. The van der Waals surface area contributed by atoms with Crippen LogP contribution in [0, 0.1) is 11.6 Å². The Bertz CT molecular complexity index is 1220. The number of benzene rings is 1. The van der Waals surface area contributed by atoms with Gasteiger partial charge in [-0.05, 0) is 32.0 Å². The number of hydrogen-bond donors (Lipinski definition) is 2. The summed E-state index contributed by atoms with van der Waals surface area (Å²) >= 11 is 0. The van der Waals surface area contributed by atoms with Gasteiger partial charge in [-0.15, -0.1) is 10.2 Å². The van der Waals surface area contributed by atoms with Gasteiger partial charge in [0.1, 0.15) is 11.6 Å². The smallest absolute Gasteiger partial charge is 0.357 e. The van der Waals surface area contributed by atoms with Crippen molar-refractivity contribution in [3.8, 4) is 16.9 Å². The quantitative estimate of drug-likeness (QED) is 0.553. The van der Waals surface area contributed by atoms with Gasteiger partial charge in [0.05, 0.1) is 25.5 Å². The number of ether oxygens (including phenoxy) is 2. The second kappa shape index (κ2) is 9.51. The van der Waals surface area contributed by atoms with Crippen molar-refractivity contribution in [2.75, 3.05) is 30.4 Å². The largest absolute Gasteiger partial charge is 0.497 e. The van der Waals surface area contributed by atoms with Crippen molar-refractivity contribution in [3.63, 3.8) is 0 Å². The van der Waals surface area contributed by atoms with Gasteiger partial charge in [-0.25, -0.2) is 18.6 Å². The zero-order chi connectivity index (χ0) is 24.4. The maximum absolute atomic E-state index is 14.7. The molecule has 0 saturated carbocycles. The zero-order valence-corrected chi connectivity index (χ0v) is 18.6. The monoisotopic (exact) mass is 472 g/mol. The summed E-state index contributed by atoms with van der Waals surface area (Å²) in [5.74, 6) is -2.51. The summed E-state index contributed by atoms with van der Waals surface area (Å²) in [6.45, 7) is 4.91.